The van der Waals surface area contributed by atoms with E-state index in [1.807, 2.05) is 31.2 Å². The van der Waals surface area contributed by atoms with Gasteiger partial charge in [0.1, 0.15) is 0 Å². The van der Waals surface area contributed by atoms with Crippen LogP contribution in [-0.2, 0) is 28.7 Å². The molecular weight excluding hydrogens is 458 g/mol. The number of sulfone groups is 1. The van der Waals surface area contributed by atoms with Gasteiger partial charge < -0.3 is 15.7 Å². The largest absolute Gasteiger partial charge is 0.361 e. The lowest BCUT2D eigenvalue weighted by atomic mass is 9.96. The van der Waals surface area contributed by atoms with Gasteiger partial charge >= 0.3 is 0 Å². The van der Waals surface area contributed by atoms with Gasteiger partial charge in [-0.15, -0.1) is 5.73 Å². The van der Waals surface area contributed by atoms with Gasteiger partial charge in [0, 0.05) is 19.1 Å². The third kappa shape index (κ3) is 9.13. The van der Waals surface area contributed by atoms with Crippen molar-refractivity contribution in [3.63, 3.8) is 0 Å². The Hall–Kier alpha value is -2.67. The lowest BCUT2D eigenvalue weighted by molar-refractivity contribution is 0.108. The van der Waals surface area contributed by atoms with Crippen LogP contribution in [0.4, 0.5) is 0 Å². The van der Waals surface area contributed by atoms with Gasteiger partial charge in [-0.1, -0.05) is 69.4 Å². The van der Waals surface area contributed by atoms with Crippen LogP contribution < -0.4 is 16.0 Å². The van der Waals surface area contributed by atoms with Crippen LogP contribution in [0.2, 0.25) is 0 Å². The first-order chi connectivity index (χ1) is 16.7. The van der Waals surface area contributed by atoms with Crippen molar-refractivity contribution in [1.82, 2.24) is 16.0 Å². The summed E-state index contributed by atoms with van der Waals surface area (Å²) in [4.78, 5) is 0.104. The summed E-state index contributed by atoms with van der Waals surface area (Å²) in [5.41, 5.74) is 6.82. The van der Waals surface area contributed by atoms with Crippen LogP contribution in [0.3, 0.4) is 0 Å². The van der Waals surface area contributed by atoms with Crippen LogP contribution >= 0.6 is 0 Å². The highest BCUT2D eigenvalue weighted by Crippen LogP contribution is 2.21. The molecule has 0 saturated heterocycles. The summed E-state index contributed by atoms with van der Waals surface area (Å²) >= 11 is 0. The Bertz CT molecular complexity index is 1120. The lowest BCUT2D eigenvalue weighted by Gasteiger charge is -2.24. The molecule has 0 aromatic heterocycles. The number of aliphatic hydroxyl groups excluding tert-OH is 1. The van der Waals surface area contributed by atoms with E-state index in [1.54, 1.807) is 6.08 Å². The zero-order valence-electron chi connectivity index (χ0n) is 21.2. The van der Waals surface area contributed by atoms with Crippen molar-refractivity contribution >= 4 is 9.84 Å². The van der Waals surface area contributed by atoms with E-state index in [0.717, 1.165) is 30.6 Å². The highest BCUT2D eigenvalue weighted by molar-refractivity contribution is 7.94. The van der Waals surface area contributed by atoms with Crippen molar-refractivity contribution in [1.29, 1.82) is 0 Å². The Morgan fingerprint density at radius 2 is 1.94 bits per heavy atom. The van der Waals surface area contributed by atoms with E-state index in [4.69, 9.17) is 0 Å². The number of rotatable bonds is 13. The minimum atomic E-state index is -3.60. The van der Waals surface area contributed by atoms with E-state index in [9.17, 15) is 13.5 Å². The lowest BCUT2D eigenvalue weighted by Crippen LogP contribution is -2.45. The average Bonchev–Trinajstić information content (AvgIpc) is 3.26. The van der Waals surface area contributed by atoms with Crippen molar-refractivity contribution in [2.45, 2.75) is 65.4 Å². The molecule has 35 heavy (non-hydrogen) atoms. The molecule has 0 spiro atoms. The van der Waals surface area contributed by atoms with Crippen molar-refractivity contribution in [3.8, 4) is 0 Å². The number of fused-ring (bicyclic) bond motifs is 1. The standard InChI is InChI=1S/C28H39N3O3S/c1-6-8-9-13-27(21(3)4)22(5)31-28(32)30-16-10-12-26(11-7-2)35(33,34)20-23-14-15-24-18-29-19-25(24)17-23/h8-17,21-22,28-32H,2,6,18-20H2,1,3-5H3/b9-8-,16-10+,26-12+,27-13+. The zero-order valence-corrected chi connectivity index (χ0v) is 22.0. The van der Waals surface area contributed by atoms with E-state index >= 15 is 0 Å². The Kier molecular flexibility index (Phi) is 11.4. The number of aliphatic hydroxyl groups is 1. The van der Waals surface area contributed by atoms with Crippen molar-refractivity contribution in [3.05, 3.63) is 100 Å². The normalized spacial score (nSPS) is 16.5. The summed E-state index contributed by atoms with van der Waals surface area (Å²) in [5.74, 6) is 0.217. The Balaban J connectivity index is 2.02. The number of nitrogens with one attached hydrogen (secondary N) is 3. The third-order valence-corrected chi connectivity index (χ3v) is 7.39. The fourth-order valence-electron chi connectivity index (χ4n) is 3.91. The van der Waals surface area contributed by atoms with Crippen LogP contribution in [0, 0.1) is 5.92 Å². The van der Waals surface area contributed by atoms with Crippen molar-refractivity contribution in [2.24, 2.45) is 5.92 Å². The second-order valence-electron chi connectivity index (χ2n) is 8.86. The molecule has 190 valence electrons. The van der Waals surface area contributed by atoms with E-state index in [-0.39, 0.29) is 16.7 Å². The fraction of sp³-hybridized carbons (Fsp3) is 0.393. The van der Waals surface area contributed by atoms with Gasteiger partial charge in [-0.2, -0.15) is 0 Å². The maximum atomic E-state index is 13.0. The average molecular weight is 498 g/mol. The Morgan fingerprint density at radius 3 is 2.63 bits per heavy atom. The molecule has 0 radical (unpaired) electrons. The van der Waals surface area contributed by atoms with Crippen LogP contribution in [0.15, 0.2) is 83.6 Å². The molecule has 0 saturated carbocycles. The van der Waals surface area contributed by atoms with Gasteiger partial charge in [0.2, 0.25) is 0 Å². The summed E-state index contributed by atoms with van der Waals surface area (Å²) in [7, 11) is -3.60. The summed E-state index contributed by atoms with van der Waals surface area (Å²) in [6.07, 6.45) is 12.1. The van der Waals surface area contributed by atoms with Gasteiger partial charge in [-0.05, 0) is 60.4 Å². The van der Waals surface area contributed by atoms with Gasteiger partial charge in [-0.25, -0.2) is 8.42 Å². The topological polar surface area (TPSA) is 90.5 Å². The van der Waals surface area contributed by atoms with Gasteiger partial charge in [0.15, 0.2) is 16.2 Å². The number of hydrogen-bond acceptors (Lipinski definition) is 6. The third-order valence-electron chi connectivity index (χ3n) is 5.71. The van der Waals surface area contributed by atoms with Crippen LogP contribution in [-0.4, -0.2) is 25.9 Å². The summed E-state index contributed by atoms with van der Waals surface area (Å²) in [6.45, 7) is 13.4. The highest BCUT2D eigenvalue weighted by Gasteiger charge is 2.18. The quantitative estimate of drug-likeness (QED) is 0.184. The first kappa shape index (κ1) is 28.6. The molecule has 6 nitrogen and oxygen atoms in total. The van der Waals surface area contributed by atoms with Crippen LogP contribution in [0.1, 0.15) is 50.8 Å². The predicted octanol–water partition coefficient (Wildman–Crippen LogP) is 4.34. The van der Waals surface area contributed by atoms with Gasteiger partial charge in [0.25, 0.3) is 0 Å². The van der Waals surface area contributed by atoms with E-state index < -0.39 is 16.2 Å². The monoisotopic (exact) mass is 497 g/mol. The van der Waals surface area contributed by atoms with Crippen LogP contribution in [0.25, 0.3) is 0 Å². The minimum absolute atomic E-state index is 0.0508. The van der Waals surface area contributed by atoms with E-state index in [2.05, 4.69) is 61.2 Å². The highest BCUT2D eigenvalue weighted by atomic mass is 32.2. The smallest absolute Gasteiger partial charge is 0.183 e. The molecule has 1 aliphatic rings. The first-order valence-electron chi connectivity index (χ1n) is 12.0. The predicted molar refractivity (Wildman–Crippen MR) is 145 cm³/mol. The van der Waals surface area contributed by atoms with Crippen molar-refractivity contribution < 1.29 is 13.5 Å². The van der Waals surface area contributed by atoms with Gasteiger partial charge in [0.05, 0.1) is 10.7 Å². The van der Waals surface area contributed by atoms with E-state index in [1.165, 1.54) is 29.5 Å². The Morgan fingerprint density at radius 1 is 1.20 bits per heavy atom. The minimum Gasteiger partial charge on any atom is -0.361 e. The molecule has 7 heteroatoms. The molecule has 0 aliphatic carbocycles. The molecule has 2 atom stereocenters. The first-order valence-corrected chi connectivity index (χ1v) is 13.7. The molecule has 2 rings (SSSR count). The molecule has 0 amide bonds. The van der Waals surface area contributed by atoms with Crippen molar-refractivity contribution in [2.75, 3.05) is 0 Å². The van der Waals surface area contributed by atoms with Gasteiger partial charge in [-0.3, -0.25) is 5.32 Å². The number of allylic oxidation sites excluding steroid dienone is 6. The molecule has 0 fully saturated rings. The van der Waals surface area contributed by atoms with Crippen LogP contribution in [0.5, 0.6) is 0 Å². The molecule has 1 heterocycles. The zero-order chi connectivity index (χ0) is 25.8. The number of hydrogen-bond donors (Lipinski definition) is 4. The summed E-state index contributed by atoms with van der Waals surface area (Å²) < 4.78 is 26.0. The summed E-state index contributed by atoms with van der Waals surface area (Å²) in [5, 5.41) is 19.5. The molecule has 4 N–H and O–H groups in total. The maximum Gasteiger partial charge on any atom is 0.183 e. The molecular formula is C28H39N3O3S. The fourth-order valence-corrected chi connectivity index (χ4v) is 5.24. The maximum absolute atomic E-state index is 13.0. The second-order valence-corrected chi connectivity index (χ2v) is 10.8. The Labute approximate surface area is 210 Å². The number of benzene rings is 1. The molecule has 1 aromatic rings. The molecule has 0 bridgehead atoms. The SMILES string of the molecule is C=C=C/C(=C\C=C\NC(O)NC(C)/C(=C/C=C\CC)C(C)C)S(=O)(=O)Cc1ccc2c(c1)CNC2. The summed E-state index contributed by atoms with van der Waals surface area (Å²) in [6, 6.07) is 5.73. The molecule has 1 aliphatic heterocycles. The molecule has 1 aromatic carbocycles. The second kappa shape index (κ2) is 14.0. The molecule has 2 unspecified atom stereocenters. The van der Waals surface area contributed by atoms with E-state index in [0.29, 0.717) is 5.92 Å².